The predicted octanol–water partition coefficient (Wildman–Crippen LogP) is 5.99. The van der Waals surface area contributed by atoms with Crippen LogP contribution in [0.25, 0.3) is 16.9 Å². The number of aromatic nitrogens is 3. The van der Waals surface area contributed by atoms with E-state index in [2.05, 4.69) is 41.8 Å². The van der Waals surface area contributed by atoms with Crippen LogP contribution in [0.3, 0.4) is 0 Å². The minimum absolute atomic E-state index is 0.234. The van der Waals surface area contributed by atoms with Gasteiger partial charge < -0.3 is 0 Å². The van der Waals surface area contributed by atoms with Crippen molar-refractivity contribution in [2.75, 3.05) is 0 Å². The molecule has 0 unspecified atom stereocenters. The van der Waals surface area contributed by atoms with Crippen LogP contribution in [0.2, 0.25) is 10.0 Å². The normalized spacial score (nSPS) is 11.3. The van der Waals surface area contributed by atoms with E-state index in [0.717, 1.165) is 14.5 Å². The summed E-state index contributed by atoms with van der Waals surface area (Å²) in [5.74, 6) is 0.885. The summed E-state index contributed by atoms with van der Waals surface area (Å²) in [6.45, 7) is 0. The highest BCUT2D eigenvalue weighted by Gasteiger charge is 2.17. The van der Waals surface area contributed by atoms with Crippen molar-refractivity contribution in [1.29, 1.82) is 0 Å². The molecule has 0 amide bonds. The molecular formula is C13H6Br2Cl3N3. The van der Waals surface area contributed by atoms with E-state index in [0.29, 0.717) is 27.2 Å². The molecule has 0 radical (unpaired) electrons. The molecule has 3 rings (SSSR count). The van der Waals surface area contributed by atoms with Crippen molar-refractivity contribution < 1.29 is 0 Å². The first-order valence-corrected chi connectivity index (χ1v) is 8.63. The van der Waals surface area contributed by atoms with Gasteiger partial charge in [0.1, 0.15) is 11.3 Å². The van der Waals surface area contributed by atoms with Crippen molar-refractivity contribution >= 4 is 77.8 Å². The summed E-state index contributed by atoms with van der Waals surface area (Å²) in [5, 5.41) is 0.857. The topological polar surface area (TPSA) is 30.7 Å². The Bertz CT molecular complexity index is 848. The third kappa shape index (κ3) is 2.70. The Morgan fingerprint density at radius 1 is 1.14 bits per heavy atom. The number of benzene rings is 1. The number of halogens is 5. The first-order valence-electron chi connectivity index (χ1n) is 5.75. The van der Waals surface area contributed by atoms with Gasteiger partial charge in [0.05, 0.1) is 21.6 Å². The van der Waals surface area contributed by atoms with Gasteiger partial charge in [-0.2, -0.15) is 0 Å². The number of nitrogens with zero attached hydrogens (tertiary/aromatic N) is 3. The number of rotatable bonds is 2. The third-order valence-corrected chi connectivity index (χ3v) is 5.34. The molecule has 0 aliphatic heterocycles. The van der Waals surface area contributed by atoms with E-state index in [4.69, 9.17) is 34.8 Å². The van der Waals surface area contributed by atoms with Gasteiger partial charge in [-0.25, -0.2) is 9.97 Å². The van der Waals surface area contributed by atoms with Gasteiger partial charge in [-0.05, 0) is 50.1 Å². The standard InChI is InChI=1S/C13H6Br2Cl3N3/c14-6-3-8-13(19-5-6)21(10(4-16)20-8)9-2-1-7(15)11(17)12(9)18/h1-3,5H,4H2. The van der Waals surface area contributed by atoms with Crippen LogP contribution >= 0.6 is 66.7 Å². The summed E-state index contributed by atoms with van der Waals surface area (Å²) in [6.07, 6.45) is 1.70. The molecular weight excluding hydrogens is 464 g/mol. The van der Waals surface area contributed by atoms with Crippen molar-refractivity contribution in [2.45, 2.75) is 5.88 Å². The molecule has 0 aliphatic rings. The first-order chi connectivity index (χ1) is 10.0. The van der Waals surface area contributed by atoms with Crippen molar-refractivity contribution in [3.05, 3.63) is 49.2 Å². The van der Waals surface area contributed by atoms with Gasteiger partial charge in [-0.3, -0.25) is 4.57 Å². The number of hydrogen-bond acceptors (Lipinski definition) is 2. The zero-order valence-corrected chi connectivity index (χ0v) is 15.7. The first kappa shape index (κ1) is 15.6. The maximum Gasteiger partial charge on any atom is 0.164 e. The van der Waals surface area contributed by atoms with E-state index in [1.165, 1.54) is 0 Å². The van der Waals surface area contributed by atoms with E-state index in [9.17, 15) is 0 Å². The van der Waals surface area contributed by atoms with Crippen LogP contribution in [0, 0.1) is 0 Å². The van der Waals surface area contributed by atoms with Crippen molar-refractivity contribution in [3.63, 3.8) is 0 Å². The largest absolute Gasteiger partial charge is 0.278 e. The Labute approximate surface area is 152 Å². The van der Waals surface area contributed by atoms with Gasteiger partial charge in [-0.1, -0.05) is 23.2 Å². The molecule has 21 heavy (non-hydrogen) atoms. The van der Waals surface area contributed by atoms with Crippen LogP contribution in [0.1, 0.15) is 5.82 Å². The molecule has 0 bridgehead atoms. The Hall–Kier alpha value is -0.330. The second kappa shape index (κ2) is 6.05. The smallest absolute Gasteiger partial charge is 0.164 e. The molecule has 0 N–H and O–H groups in total. The average Bonchev–Trinajstić information content (AvgIpc) is 2.82. The zero-order chi connectivity index (χ0) is 15.1. The maximum atomic E-state index is 6.36. The lowest BCUT2D eigenvalue weighted by Gasteiger charge is -2.11. The zero-order valence-electron chi connectivity index (χ0n) is 10.2. The highest BCUT2D eigenvalue weighted by atomic mass is 79.9. The quantitative estimate of drug-likeness (QED) is 0.340. The highest BCUT2D eigenvalue weighted by Crippen LogP contribution is 2.36. The van der Waals surface area contributed by atoms with E-state index < -0.39 is 0 Å². The molecule has 0 saturated heterocycles. The van der Waals surface area contributed by atoms with Gasteiger partial charge in [0.25, 0.3) is 0 Å². The molecule has 2 heterocycles. The van der Waals surface area contributed by atoms with Crippen LogP contribution in [-0.4, -0.2) is 14.5 Å². The minimum atomic E-state index is 0.234. The molecule has 0 spiro atoms. The summed E-state index contributed by atoms with van der Waals surface area (Å²) < 4.78 is 3.39. The Morgan fingerprint density at radius 3 is 2.62 bits per heavy atom. The second-order valence-electron chi connectivity index (χ2n) is 4.19. The monoisotopic (exact) mass is 467 g/mol. The molecule has 108 valence electrons. The molecule has 0 atom stereocenters. The molecule has 2 aromatic heterocycles. The fourth-order valence-corrected chi connectivity index (χ4v) is 3.37. The van der Waals surface area contributed by atoms with Gasteiger partial charge in [0.15, 0.2) is 5.65 Å². The highest BCUT2D eigenvalue weighted by molar-refractivity contribution is 9.10. The lowest BCUT2D eigenvalue weighted by molar-refractivity contribution is 0.969. The molecule has 3 nitrogen and oxygen atoms in total. The fourth-order valence-electron chi connectivity index (χ4n) is 2.02. The van der Waals surface area contributed by atoms with Crippen LogP contribution in [0.5, 0.6) is 0 Å². The lowest BCUT2D eigenvalue weighted by atomic mass is 10.3. The van der Waals surface area contributed by atoms with Crippen LogP contribution in [0.15, 0.2) is 33.3 Å². The molecule has 8 heteroatoms. The Morgan fingerprint density at radius 2 is 1.90 bits per heavy atom. The summed E-state index contributed by atoms with van der Waals surface area (Å²) in [5.41, 5.74) is 2.10. The van der Waals surface area contributed by atoms with Crippen molar-refractivity contribution in [3.8, 4) is 5.69 Å². The van der Waals surface area contributed by atoms with E-state index in [-0.39, 0.29) is 5.88 Å². The third-order valence-electron chi connectivity index (χ3n) is 2.91. The maximum absolute atomic E-state index is 6.36. The van der Waals surface area contributed by atoms with Crippen molar-refractivity contribution in [2.24, 2.45) is 0 Å². The van der Waals surface area contributed by atoms with Gasteiger partial charge >= 0.3 is 0 Å². The molecule has 3 aromatic rings. The van der Waals surface area contributed by atoms with Crippen LogP contribution in [0.4, 0.5) is 0 Å². The number of fused-ring (bicyclic) bond motifs is 1. The van der Waals surface area contributed by atoms with Crippen LogP contribution in [-0.2, 0) is 5.88 Å². The Balaban J connectivity index is 2.36. The lowest BCUT2D eigenvalue weighted by Crippen LogP contribution is -2.01. The van der Waals surface area contributed by atoms with E-state index in [1.807, 2.05) is 22.8 Å². The Kier molecular flexibility index (Phi) is 4.48. The van der Waals surface area contributed by atoms with Crippen LogP contribution < -0.4 is 0 Å². The summed E-state index contributed by atoms with van der Waals surface area (Å²) in [6, 6.07) is 5.55. The van der Waals surface area contributed by atoms with Gasteiger partial charge in [-0.15, -0.1) is 11.6 Å². The number of hydrogen-bond donors (Lipinski definition) is 0. The van der Waals surface area contributed by atoms with Gasteiger partial charge in [0.2, 0.25) is 0 Å². The van der Waals surface area contributed by atoms with Gasteiger partial charge in [0, 0.05) is 15.1 Å². The molecule has 0 saturated carbocycles. The fraction of sp³-hybridized carbons (Fsp3) is 0.0769. The molecule has 0 aliphatic carbocycles. The summed E-state index contributed by atoms with van der Waals surface area (Å²) >= 11 is 25.3. The summed E-state index contributed by atoms with van der Waals surface area (Å²) in [7, 11) is 0. The number of imidazole rings is 1. The van der Waals surface area contributed by atoms with Crippen molar-refractivity contribution in [1.82, 2.24) is 14.5 Å². The minimum Gasteiger partial charge on any atom is -0.278 e. The number of pyridine rings is 1. The average molecular weight is 470 g/mol. The molecule has 1 aromatic carbocycles. The number of alkyl halides is 1. The van der Waals surface area contributed by atoms with E-state index >= 15 is 0 Å². The molecule has 0 fully saturated rings. The SMILES string of the molecule is ClCc1nc2cc(Br)cnc2n1-c1ccc(Br)c(Cl)c1Cl. The summed E-state index contributed by atoms with van der Waals surface area (Å²) in [4.78, 5) is 8.89. The predicted molar refractivity (Wildman–Crippen MR) is 93.8 cm³/mol. The second-order valence-corrected chi connectivity index (χ2v) is 6.98. The van der Waals surface area contributed by atoms with E-state index in [1.54, 1.807) is 6.20 Å².